The number of aromatic amines is 2. The van der Waals surface area contributed by atoms with E-state index >= 15 is 0 Å². The first-order chi connectivity index (χ1) is 25.8. The summed E-state index contributed by atoms with van der Waals surface area (Å²) in [6.45, 7) is 0. The molecule has 7 aromatic rings. The number of nitrogens with one attached hydrogen (secondary N) is 2. The summed E-state index contributed by atoms with van der Waals surface area (Å²) >= 11 is 25.5. The Hall–Kier alpha value is -5.56. The number of fused-ring (bicyclic) bond motifs is 8. The van der Waals surface area contributed by atoms with Crippen molar-refractivity contribution in [2.24, 2.45) is 5.73 Å². The second-order valence-electron chi connectivity index (χ2n) is 12.8. The summed E-state index contributed by atoms with van der Waals surface area (Å²) in [4.78, 5) is 18.1. The number of nitrogens with two attached hydrogens (primary N) is 1. The van der Waals surface area contributed by atoms with E-state index in [9.17, 15) is 0 Å². The fourth-order valence-corrected chi connectivity index (χ4v) is 7.49. The zero-order valence-electron chi connectivity index (χ0n) is 27.8. The third kappa shape index (κ3) is 6.22. The van der Waals surface area contributed by atoms with Gasteiger partial charge < -0.3 is 15.7 Å². The van der Waals surface area contributed by atoms with Crippen LogP contribution in [0.15, 0.2) is 121 Å². The zero-order chi connectivity index (χ0) is 36.2. The minimum atomic E-state index is 0.521. The number of rotatable bonds is 4. The third-order valence-corrected chi connectivity index (χ3v) is 10.4. The molecule has 0 unspecified atom stereocenters. The first kappa shape index (κ1) is 33.3. The molecule has 2 aliphatic heterocycles. The van der Waals surface area contributed by atoms with E-state index in [0.29, 0.717) is 37.2 Å². The fraction of sp³-hybridized carbons (Fsp3) is 0. The number of nitrogens with zero attached hydrogens (tertiary/aromatic N) is 2. The normalized spacial score (nSPS) is 12.3. The van der Waals surface area contributed by atoms with E-state index in [1.54, 1.807) is 0 Å². The van der Waals surface area contributed by atoms with E-state index in [1.165, 1.54) is 0 Å². The number of hydrogen-bond donors (Lipinski definition) is 3. The molecule has 0 fully saturated rings. The highest BCUT2D eigenvalue weighted by atomic mass is 35.5. The molecule has 0 saturated heterocycles. The smallest absolute Gasteiger partial charge is 0.0966 e. The Morgan fingerprint density at radius 2 is 0.736 bits per heavy atom. The van der Waals surface area contributed by atoms with Crippen LogP contribution in [0.2, 0.25) is 20.1 Å². The van der Waals surface area contributed by atoms with E-state index in [1.807, 2.05) is 115 Å². The average Bonchev–Trinajstić information content (AvgIpc) is 3.99. The van der Waals surface area contributed by atoms with Gasteiger partial charge in [-0.25, -0.2) is 9.97 Å². The van der Waals surface area contributed by atoms with Crippen molar-refractivity contribution in [1.29, 1.82) is 0 Å². The van der Waals surface area contributed by atoms with E-state index < -0.39 is 0 Å². The minimum absolute atomic E-state index is 0.521. The number of aromatic nitrogens is 4. The van der Waals surface area contributed by atoms with Crippen LogP contribution in [0.4, 0.5) is 0 Å². The maximum absolute atomic E-state index is 6.93. The van der Waals surface area contributed by atoms with E-state index in [-0.39, 0.29) is 0 Å². The van der Waals surface area contributed by atoms with Crippen LogP contribution in [0.3, 0.4) is 0 Å². The Morgan fingerprint density at radius 3 is 1.21 bits per heavy atom. The van der Waals surface area contributed by atoms with Crippen LogP contribution in [0.25, 0.3) is 90.5 Å². The average molecular weight is 768 g/mol. The fourth-order valence-electron chi connectivity index (χ4n) is 6.99. The minimum Gasteiger partial charge on any atom is -0.397 e. The zero-order valence-corrected chi connectivity index (χ0v) is 30.8. The van der Waals surface area contributed by atoms with Gasteiger partial charge in [-0.2, -0.15) is 0 Å². The van der Waals surface area contributed by atoms with Crippen molar-refractivity contribution in [3.8, 4) is 44.5 Å². The van der Waals surface area contributed by atoms with Crippen molar-refractivity contribution in [3.05, 3.63) is 164 Å². The Kier molecular flexibility index (Phi) is 8.45. The quantitative estimate of drug-likeness (QED) is 0.167. The molecule has 4 aromatic carbocycles. The summed E-state index contributed by atoms with van der Waals surface area (Å²) < 4.78 is 0. The molecule has 0 amide bonds. The van der Waals surface area contributed by atoms with Gasteiger partial charge >= 0.3 is 0 Å². The molecule has 0 aliphatic carbocycles. The standard InChI is InChI=1S/C44H27Cl4N5/c45-28-9-1-24(2-10-28)40-33-17-18-34(50-33)41(25-3-11-29(46)12-4-25)36-21-22-38(52-36)43(27-7-15-31(48)16-8-27)44-32(49)23-39(53-44)42(37-20-19-35(40)51-37)26-5-13-30(47)14-6-26/h1-23,50,52H,49H2. The molecule has 256 valence electrons. The highest BCUT2D eigenvalue weighted by Crippen LogP contribution is 2.40. The lowest BCUT2D eigenvalue weighted by Crippen LogP contribution is -1.96. The number of benzene rings is 4. The Balaban J connectivity index is 1.49. The number of halogens is 4. The Bertz CT molecular complexity index is 2800. The molecule has 5 nitrogen and oxygen atoms in total. The van der Waals surface area contributed by atoms with Gasteiger partial charge in [0.25, 0.3) is 0 Å². The Labute approximate surface area is 325 Å². The van der Waals surface area contributed by atoms with E-state index in [2.05, 4.69) is 34.2 Å². The van der Waals surface area contributed by atoms with Gasteiger partial charge in [0.1, 0.15) is 0 Å². The summed E-state index contributed by atoms with van der Waals surface area (Å²) in [5, 5.41) is 2.56. The largest absolute Gasteiger partial charge is 0.397 e. The monoisotopic (exact) mass is 765 g/mol. The second-order valence-corrected chi connectivity index (χ2v) is 14.5. The van der Waals surface area contributed by atoms with Gasteiger partial charge in [-0.1, -0.05) is 94.9 Å². The van der Waals surface area contributed by atoms with Crippen molar-refractivity contribution in [2.75, 3.05) is 0 Å². The van der Waals surface area contributed by atoms with Gasteiger partial charge in [0.05, 0.1) is 28.5 Å². The lowest BCUT2D eigenvalue weighted by Gasteiger charge is -2.08. The molecule has 8 bridgehead atoms. The van der Waals surface area contributed by atoms with Gasteiger partial charge in [0, 0.05) is 64.4 Å². The number of H-pyrrole nitrogens is 2. The molecule has 2 aliphatic rings. The maximum atomic E-state index is 6.93. The van der Waals surface area contributed by atoms with Crippen LogP contribution in [-0.4, -0.2) is 19.9 Å². The highest BCUT2D eigenvalue weighted by molar-refractivity contribution is 6.31. The molecule has 4 N–H and O–H groups in total. The van der Waals surface area contributed by atoms with Gasteiger partial charge in [-0.05, 0) is 113 Å². The molecular formula is C44H27Cl4N5. The summed E-state index contributed by atoms with van der Waals surface area (Å²) in [6, 6.07) is 39.3. The predicted molar refractivity (Wildman–Crippen MR) is 224 cm³/mol. The van der Waals surface area contributed by atoms with Crippen LogP contribution in [-0.2, 0) is 0 Å². The first-order valence-electron chi connectivity index (χ1n) is 16.8. The highest BCUT2D eigenvalue weighted by Gasteiger charge is 2.22. The molecule has 9 rings (SSSR count). The lowest BCUT2D eigenvalue weighted by molar-refractivity contribution is 1.27. The van der Waals surface area contributed by atoms with Crippen LogP contribution in [0.5, 0.6) is 0 Å². The van der Waals surface area contributed by atoms with Gasteiger partial charge in [-0.15, -0.1) is 0 Å². The second kappa shape index (κ2) is 13.4. The van der Waals surface area contributed by atoms with Crippen molar-refractivity contribution in [2.45, 2.75) is 0 Å². The third-order valence-electron chi connectivity index (χ3n) is 9.42. The molecule has 9 heteroatoms. The molecule has 0 saturated carbocycles. The van der Waals surface area contributed by atoms with Gasteiger partial charge in [0.2, 0.25) is 0 Å². The van der Waals surface area contributed by atoms with Crippen molar-refractivity contribution < 1.29 is 0 Å². The number of hydrogen-bond acceptors (Lipinski definition) is 3. The maximum Gasteiger partial charge on any atom is 0.0966 e. The van der Waals surface area contributed by atoms with Gasteiger partial charge in [0.15, 0.2) is 0 Å². The van der Waals surface area contributed by atoms with Crippen molar-refractivity contribution in [1.82, 2.24) is 19.9 Å². The Morgan fingerprint density at radius 1 is 0.377 bits per heavy atom. The molecule has 0 atom stereocenters. The van der Waals surface area contributed by atoms with Crippen molar-refractivity contribution in [3.63, 3.8) is 0 Å². The van der Waals surface area contributed by atoms with E-state index in [0.717, 1.165) is 78.0 Å². The van der Waals surface area contributed by atoms with Crippen LogP contribution in [0, 0.1) is 0 Å². The lowest BCUT2D eigenvalue weighted by atomic mass is 10.0. The van der Waals surface area contributed by atoms with Crippen molar-refractivity contribution >= 4 is 92.4 Å². The van der Waals surface area contributed by atoms with Crippen LogP contribution in [0.1, 0.15) is 22.8 Å². The molecule has 0 spiro atoms. The summed E-state index contributed by atoms with van der Waals surface area (Å²) in [7, 11) is 0. The summed E-state index contributed by atoms with van der Waals surface area (Å²) in [6.07, 6.45) is 5.97. The first-order valence-corrected chi connectivity index (χ1v) is 18.3. The summed E-state index contributed by atoms with van der Waals surface area (Å²) in [5.41, 5.74) is 21.0. The molecule has 53 heavy (non-hydrogen) atoms. The molecule has 0 radical (unpaired) electrons. The van der Waals surface area contributed by atoms with Crippen LogP contribution < -0.4 is 5.73 Å². The predicted octanol–water partition coefficient (Wildman–Crippen LogP) is 13.2. The molecule has 5 heterocycles. The topological polar surface area (TPSA) is 83.4 Å². The molecular weight excluding hydrogens is 740 g/mol. The van der Waals surface area contributed by atoms with Crippen LogP contribution >= 0.6 is 46.4 Å². The van der Waals surface area contributed by atoms with Gasteiger partial charge in [-0.3, -0.25) is 0 Å². The van der Waals surface area contributed by atoms with E-state index in [4.69, 9.17) is 62.1 Å². The molecule has 3 aromatic heterocycles. The SMILES string of the molecule is NC1=Cc2nc1c(-c1ccc(Cl)cc1)c1ccc([nH]1)c(-c1ccc(Cl)cc1)c1ccc([nH]1)c(-c1ccc(Cl)cc1)c1nc(c2-c2ccc(Cl)cc2)C=C1. The summed E-state index contributed by atoms with van der Waals surface area (Å²) in [5.74, 6) is 0.